The maximum atomic E-state index is 11.9. The number of amides is 1. The molecule has 28 heavy (non-hydrogen) atoms. The molecule has 1 saturated heterocycles. The minimum Gasteiger partial charge on any atom is -0.478 e. The molecule has 5 nitrogen and oxygen atoms in total. The van der Waals surface area contributed by atoms with Gasteiger partial charge in [-0.25, -0.2) is 4.79 Å². The van der Waals surface area contributed by atoms with Gasteiger partial charge in [-0.15, -0.1) is 0 Å². The molecule has 1 aromatic rings. The van der Waals surface area contributed by atoms with Gasteiger partial charge in [0.05, 0.1) is 11.7 Å². The normalized spacial score (nSPS) is 24.1. The third-order valence-electron chi connectivity index (χ3n) is 6.67. The molecule has 1 saturated carbocycles. The summed E-state index contributed by atoms with van der Waals surface area (Å²) in [5, 5.41) is 22.8. The zero-order valence-electron chi connectivity index (χ0n) is 16.7. The zero-order chi connectivity index (χ0) is 20.0. The second-order valence-electron chi connectivity index (χ2n) is 8.69. The van der Waals surface area contributed by atoms with Gasteiger partial charge in [0.2, 0.25) is 5.91 Å². The Labute approximate surface area is 167 Å². The second kappa shape index (κ2) is 9.55. The standard InChI is InChI=1S/C23H33NO4/c25-20(18-6-2-1-3-7-18)12-15-23(16-13-21(26)24-23)14-4-5-17-8-10-19(11-9-17)22(27)28/h8-11,18,20,25H,1-7,12-16H2,(H,24,26)(H,27,28)/t20-,23-/m0/s1. The lowest BCUT2D eigenvalue weighted by atomic mass is 9.80. The smallest absolute Gasteiger partial charge is 0.335 e. The molecule has 0 unspecified atom stereocenters. The summed E-state index contributed by atoms with van der Waals surface area (Å²) in [7, 11) is 0. The van der Waals surface area contributed by atoms with Gasteiger partial charge in [-0.2, -0.15) is 0 Å². The fraction of sp³-hybridized carbons (Fsp3) is 0.652. The monoisotopic (exact) mass is 387 g/mol. The van der Waals surface area contributed by atoms with Gasteiger partial charge in [0.1, 0.15) is 0 Å². The molecule has 0 radical (unpaired) electrons. The van der Waals surface area contributed by atoms with Crippen molar-refractivity contribution in [3.63, 3.8) is 0 Å². The summed E-state index contributed by atoms with van der Waals surface area (Å²) in [5.74, 6) is -0.357. The summed E-state index contributed by atoms with van der Waals surface area (Å²) in [5.41, 5.74) is 1.24. The minimum atomic E-state index is -0.907. The quantitative estimate of drug-likeness (QED) is 0.596. The molecule has 1 amide bonds. The molecule has 2 atom stereocenters. The number of aromatic carboxylic acids is 1. The van der Waals surface area contributed by atoms with Gasteiger partial charge in [-0.05, 0) is 75.0 Å². The summed E-state index contributed by atoms with van der Waals surface area (Å²) in [6, 6.07) is 7.03. The van der Waals surface area contributed by atoms with Crippen molar-refractivity contribution in [2.24, 2.45) is 5.92 Å². The van der Waals surface area contributed by atoms with Crippen molar-refractivity contribution in [1.29, 1.82) is 0 Å². The maximum absolute atomic E-state index is 11.9. The van der Waals surface area contributed by atoms with Crippen molar-refractivity contribution in [3.8, 4) is 0 Å². The maximum Gasteiger partial charge on any atom is 0.335 e. The Balaban J connectivity index is 1.51. The van der Waals surface area contributed by atoms with E-state index in [1.807, 2.05) is 12.1 Å². The van der Waals surface area contributed by atoms with Gasteiger partial charge in [-0.3, -0.25) is 4.79 Å². The number of aryl methyl sites for hydroxylation is 1. The molecule has 154 valence electrons. The van der Waals surface area contributed by atoms with Crippen LogP contribution in [0.15, 0.2) is 24.3 Å². The van der Waals surface area contributed by atoms with Crippen LogP contribution in [0.4, 0.5) is 0 Å². The minimum absolute atomic E-state index is 0.123. The predicted octanol–water partition coefficient (Wildman–Crippen LogP) is 4.08. The highest BCUT2D eigenvalue weighted by Crippen LogP contribution is 2.34. The molecule has 0 spiro atoms. The summed E-state index contributed by atoms with van der Waals surface area (Å²) >= 11 is 0. The van der Waals surface area contributed by atoms with Gasteiger partial charge < -0.3 is 15.5 Å². The Hall–Kier alpha value is -1.88. The average Bonchev–Trinajstić information content (AvgIpc) is 3.08. The molecule has 1 aromatic carbocycles. The van der Waals surface area contributed by atoms with Crippen LogP contribution in [0.25, 0.3) is 0 Å². The lowest BCUT2D eigenvalue weighted by Gasteiger charge is -2.33. The Bertz CT molecular complexity index is 666. The first-order valence-electron chi connectivity index (χ1n) is 10.8. The number of aliphatic hydroxyl groups is 1. The number of carboxylic acid groups (broad SMARTS) is 1. The largest absolute Gasteiger partial charge is 0.478 e. The first kappa shape index (κ1) is 20.8. The topological polar surface area (TPSA) is 86.6 Å². The fourth-order valence-electron chi connectivity index (χ4n) is 4.90. The van der Waals surface area contributed by atoms with E-state index >= 15 is 0 Å². The average molecular weight is 388 g/mol. The highest BCUT2D eigenvalue weighted by molar-refractivity contribution is 5.87. The number of carbonyl (C=O) groups excluding carboxylic acids is 1. The van der Waals surface area contributed by atoms with Gasteiger partial charge in [0.25, 0.3) is 0 Å². The molecule has 2 fully saturated rings. The number of hydrogen-bond acceptors (Lipinski definition) is 3. The molecule has 3 rings (SSSR count). The van der Waals surface area contributed by atoms with E-state index in [4.69, 9.17) is 5.11 Å². The molecule has 1 aliphatic heterocycles. The van der Waals surface area contributed by atoms with E-state index in [0.717, 1.165) is 56.9 Å². The van der Waals surface area contributed by atoms with E-state index in [9.17, 15) is 14.7 Å². The van der Waals surface area contributed by atoms with Crippen molar-refractivity contribution in [2.75, 3.05) is 0 Å². The SMILES string of the molecule is O=C1CC[C@](CCCc2ccc(C(=O)O)cc2)(CC[C@H](O)C2CCCCC2)N1. The summed E-state index contributed by atoms with van der Waals surface area (Å²) in [4.78, 5) is 22.9. The molecule has 2 aliphatic rings. The van der Waals surface area contributed by atoms with Crippen LogP contribution in [0.3, 0.4) is 0 Å². The predicted molar refractivity (Wildman–Crippen MR) is 108 cm³/mol. The lowest BCUT2D eigenvalue weighted by Crippen LogP contribution is -2.42. The van der Waals surface area contributed by atoms with Crippen LogP contribution in [0.2, 0.25) is 0 Å². The molecular formula is C23H33NO4. The number of benzene rings is 1. The Morgan fingerprint density at radius 2 is 1.86 bits per heavy atom. The van der Waals surface area contributed by atoms with E-state index in [1.165, 1.54) is 19.3 Å². The molecule has 5 heteroatoms. The van der Waals surface area contributed by atoms with E-state index in [1.54, 1.807) is 12.1 Å². The van der Waals surface area contributed by atoms with Gasteiger partial charge >= 0.3 is 5.97 Å². The van der Waals surface area contributed by atoms with Crippen LogP contribution in [-0.4, -0.2) is 33.7 Å². The van der Waals surface area contributed by atoms with E-state index in [2.05, 4.69) is 5.32 Å². The van der Waals surface area contributed by atoms with Crippen LogP contribution in [0.1, 0.15) is 86.6 Å². The summed E-state index contributed by atoms with van der Waals surface area (Å²) in [6.45, 7) is 0. The first-order chi connectivity index (χ1) is 13.5. The molecule has 0 bridgehead atoms. The zero-order valence-corrected chi connectivity index (χ0v) is 16.7. The first-order valence-corrected chi connectivity index (χ1v) is 10.8. The van der Waals surface area contributed by atoms with Gasteiger partial charge in [0.15, 0.2) is 0 Å². The van der Waals surface area contributed by atoms with Crippen LogP contribution < -0.4 is 5.32 Å². The summed E-state index contributed by atoms with van der Waals surface area (Å²) in [6.07, 6.45) is 11.5. The summed E-state index contributed by atoms with van der Waals surface area (Å²) < 4.78 is 0. The van der Waals surface area contributed by atoms with Crippen LogP contribution >= 0.6 is 0 Å². The molecular weight excluding hydrogens is 354 g/mol. The van der Waals surface area contributed by atoms with E-state index in [0.29, 0.717) is 17.9 Å². The number of hydrogen-bond donors (Lipinski definition) is 3. The van der Waals surface area contributed by atoms with Crippen molar-refractivity contribution in [2.45, 2.75) is 88.7 Å². The Kier molecular flexibility index (Phi) is 7.11. The van der Waals surface area contributed by atoms with Gasteiger partial charge in [-0.1, -0.05) is 31.4 Å². The molecule has 3 N–H and O–H groups in total. The van der Waals surface area contributed by atoms with E-state index in [-0.39, 0.29) is 17.6 Å². The van der Waals surface area contributed by atoms with Crippen LogP contribution in [-0.2, 0) is 11.2 Å². The molecule has 1 heterocycles. The number of aliphatic hydroxyl groups excluding tert-OH is 1. The van der Waals surface area contributed by atoms with E-state index < -0.39 is 5.97 Å². The highest BCUT2D eigenvalue weighted by atomic mass is 16.4. The van der Waals surface area contributed by atoms with Gasteiger partial charge in [0, 0.05) is 12.0 Å². The fourth-order valence-corrected chi connectivity index (χ4v) is 4.90. The number of carboxylic acids is 1. The van der Waals surface area contributed by atoms with Crippen molar-refractivity contribution in [3.05, 3.63) is 35.4 Å². The number of nitrogens with one attached hydrogen (secondary N) is 1. The second-order valence-corrected chi connectivity index (χ2v) is 8.69. The molecule has 0 aromatic heterocycles. The third kappa shape index (κ3) is 5.57. The Morgan fingerprint density at radius 1 is 1.14 bits per heavy atom. The Morgan fingerprint density at radius 3 is 2.46 bits per heavy atom. The number of carbonyl (C=O) groups is 2. The lowest BCUT2D eigenvalue weighted by molar-refractivity contribution is -0.119. The van der Waals surface area contributed by atoms with Crippen LogP contribution in [0, 0.1) is 5.92 Å². The van der Waals surface area contributed by atoms with Crippen molar-refractivity contribution >= 4 is 11.9 Å². The third-order valence-corrected chi connectivity index (χ3v) is 6.67. The highest BCUT2D eigenvalue weighted by Gasteiger charge is 2.37. The van der Waals surface area contributed by atoms with Crippen LogP contribution in [0.5, 0.6) is 0 Å². The van der Waals surface area contributed by atoms with Crippen molar-refractivity contribution in [1.82, 2.24) is 5.32 Å². The number of rotatable bonds is 9. The van der Waals surface area contributed by atoms with Crippen molar-refractivity contribution < 1.29 is 19.8 Å². The molecule has 1 aliphatic carbocycles.